The molecule has 0 aromatic heterocycles. The van der Waals surface area contributed by atoms with Crippen molar-refractivity contribution in [1.82, 2.24) is 0 Å². The number of nitrogens with one attached hydrogen (secondary N) is 1. The second kappa shape index (κ2) is 8.81. The molecule has 1 aliphatic rings. The fourth-order valence-corrected chi connectivity index (χ4v) is 3.02. The first-order chi connectivity index (χ1) is 14.3. The number of amides is 1. The zero-order valence-electron chi connectivity index (χ0n) is 16.8. The first-order valence-electron chi connectivity index (χ1n) is 9.46. The van der Waals surface area contributed by atoms with Crippen LogP contribution in [0.25, 0.3) is 0 Å². The molecule has 9 nitrogen and oxygen atoms in total. The SMILES string of the molecule is CC(C)c1ccccc1NC(=O)[C@H](C)OC(=O)c1cc2c(cc1[N+](=O)[O-])OCCO2. The topological polar surface area (TPSA) is 117 Å². The molecule has 1 aliphatic heterocycles. The van der Waals surface area contributed by atoms with E-state index in [1.54, 1.807) is 12.1 Å². The van der Waals surface area contributed by atoms with E-state index >= 15 is 0 Å². The van der Waals surface area contributed by atoms with Gasteiger partial charge in [-0.05, 0) is 24.5 Å². The maximum absolute atomic E-state index is 12.6. The second-order valence-corrected chi connectivity index (χ2v) is 7.05. The van der Waals surface area contributed by atoms with Crippen molar-refractivity contribution >= 4 is 23.3 Å². The number of nitrogens with zero attached hydrogens (tertiary/aromatic N) is 1. The first-order valence-corrected chi connectivity index (χ1v) is 9.46. The Labute approximate surface area is 173 Å². The molecule has 0 aliphatic carbocycles. The highest BCUT2D eigenvalue weighted by atomic mass is 16.6. The molecule has 0 saturated heterocycles. The monoisotopic (exact) mass is 414 g/mol. The lowest BCUT2D eigenvalue weighted by molar-refractivity contribution is -0.385. The lowest BCUT2D eigenvalue weighted by Gasteiger charge is -2.19. The first kappa shape index (κ1) is 21.1. The van der Waals surface area contributed by atoms with Crippen LogP contribution in [0.3, 0.4) is 0 Å². The van der Waals surface area contributed by atoms with Gasteiger partial charge in [-0.15, -0.1) is 0 Å². The Bertz CT molecular complexity index is 987. The Morgan fingerprint density at radius 1 is 1.10 bits per heavy atom. The fraction of sp³-hybridized carbons (Fsp3) is 0.333. The molecule has 0 fully saturated rings. The van der Waals surface area contributed by atoms with Crippen LogP contribution in [0.15, 0.2) is 36.4 Å². The lowest BCUT2D eigenvalue weighted by Crippen LogP contribution is -2.30. The Morgan fingerprint density at radius 2 is 1.73 bits per heavy atom. The van der Waals surface area contributed by atoms with Gasteiger partial charge in [0.05, 0.1) is 11.0 Å². The van der Waals surface area contributed by atoms with Crippen molar-refractivity contribution < 1.29 is 28.7 Å². The summed E-state index contributed by atoms with van der Waals surface area (Å²) < 4.78 is 15.9. The third-order valence-electron chi connectivity index (χ3n) is 4.57. The van der Waals surface area contributed by atoms with E-state index in [1.807, 2.05) is 26.0 Å². The van der Waals surface area contributed by atoms with Gasteiger partial charge in [-0.2, -0.15) is 0 Å². The number of para-hydroxylation sites is 1. The number of carbonyl (C=O) groups excluding carboxylic acids is 2. The van der Waals surface area contributed by atoms with Gasteiger partial charge >= 0.3 is 5.97 Å². The van der Waals surface area contributed by atoms with E-state index in [2.05, 4.69) is 5.32 Å². The number of anilines is 1. The molecule has 1 atom stereocenters. The van der Waals surface area contributed by atoms with Gasteiger partial charge in [0.25, 0.3) is 11.6 Å². The molecular weight excluding hydrogens is 392 g/mol. The molecular formula is C21H22N2O7. The van der Waals surface area contributed by atoms with Crippen LogP contribution in [0.5, 0.6) is 11.5 Å². The Hall–Kier alpha value is -3.62. The minimum Gasteiger partial charge on any atom is -0.486 e. The van der Waals surface area contributed by atoms with Crippen LogP contribution in [0.2, 0.25) is 0 Å². The summed E-state index contributed by atoms with van der Waals surface area (Å²) in [5, 5.41) is 14.1. The predicted octanol–water partition coefficient (Wildman–Crippen LogP) is 3.67. The van der Waals surface area contributed by atoms with Crippen LogP contribution in [0.4, 0.5) is 11.4 Å². The smallest absolute Gasteiger partial charge is 0.346 e. The number of fused-ring (bicyclic) bond motifs is 1. The van der Waals surface area contributed by atoms with E-state index in [1.165, 1.54) is 13.0 Å². The molecule has 158 valence electrons. The van der Waals surface area contributed by atoms with Gasteiger partial charge < -0.3 is 19.5 Å². The van der Waals surface area contributed by atoms with E-state index < -0.39 is 28.6 Å². The van der Waals surface area contributed by atoms with Crippen molar-refractivity contribution in [2.24, 2.45) is 0 Å². The molecule has 0 unspecified atom stereocenters. The molecule has 3 rings (SSSR count). The highest BCUT2D eigenvalue weighted by molar-refractivity contribution is 5.99. The van der Waals surface area contributed by atoms with Crippen LogP contribution in [0.1, 0.15) is 42.6 Å². The molecule has 2 aromatic carbocycles. The molecule has 0 bridgehead atoms. The van der Waals surface area contributed by atoms with E-state index in [9.17, 15) is 19.7 Å². The van der Waals surface area contributed by atoms with Crippen molar-refractivity contribution in [2.45, 2.75) is 32.8 Å². The van der Waals surface area contributed by atoms with E-state index in [-0.39, 0.29) is 36.2 Å². The number of hydrogen-bond acceptors (Lipinski definition) is 7. The Balaban J connectivity index is 1.77. The largest absolute Gasteiger partial charge is 0.486 e. The van der Waals surface area contributed by atoms with Crippen molar-refractivity contribution in [3.05, 3.63) is 57.6 Å². The maximum Gasteiger partial charge on any atom is 0.346 e. The third-order valence-corrected chi connectivity index (χ3v) is 4.57. The molecule has 9 heteroatoms. The average Bonchev–Trinajstić information content (AvgIpc) is 2.72. The van der Waals surface area contributed by atoms with Gasteiger partial charge in [0.2, 0.25) is 0 Å². The fourth-order valence-electron chi connectivity index (χ4n) is 3.02. The van der Waals surface area contributed by atoms with Gasteiger partial charge in [-0.25, -0.2) is 4.79 Å². The normalized spacial score (nSPS) is 13.5. The van der Waals surface area contributed by atoms with Crippen LogP contribution in [-0.2, 0) is 9.53 Å². The Kier molecular flexibility index (Phi) is 6.20. The Morgan fingerprint density at radius 3 is 2.37 bits per heavy atom. The van der Waals surface area contributed by atoms with Crippen molar-refractivity contribution in [3.8, 4) is 11.5 Å². The van der Waals surface area contributed by atoms with Crippen LogP contribution in [0, 0.1) is 10.1 Å². The molecule has 2 aromatic rings. The number of esters is 1. The van der Waals surface area contributed by atoms with Gasteiger partial charge in [-0.3, -0.25) is 14.9 Å². The zero-order valence-corrected chi connectivity index (χ0v) is 16.8. The summed E-state index contributed by atoms with van der Waals surface area (Å²) in [6.45, 7) is 5.90. The van der Waals surface area contributed by atoms with E-state index in [4.69, 9.17) is 14.2 Å². The summed E-state index contributed by atoms with van der Waals surface area (Å²) in [5.41, 5.74) is 0.756. The highest BCUT2D eigenvalue weighted by Crippen LogP contribution is 2.37. The quantitative estimate of drug-likeness (QED) is 0.435. The number of hydrogen-bond donors (Lipinski definition) is 1. The number of nitro groups is 1. The average molecular weight is 414 g/mol. The van der Waals surface area contributed by atoms with Crippen molar-refractivity contribution in [2.75, 3.05) is 18.5 Å². The summed E-state index contributed by atoms with van der Waals surface area (Å²) in [6, 6.07) is 9.64. The van der Waals surface area contributed by atoms with Gasteiger partial charge in [-0.1, -0.05) is 32.0 Å². The summed E-state index contributed by atoms with van der Waals surface area (Å²) in [4.78, 5) is 35.8. The van der Waals surface area contributed by atoms with E-state index in [0.717, 1.165) is 11.6 Å². The number of carbonyl (C=O) groups is 2. The molecule has 30 heavy (non-hydrogen) atoms. The molecule has 0 saturated carbocycles. The molecule has 0 spiro atoms. The zero-order chi connectivity index (χ0) is 21.8. The maximum atomic E-state index is 12.6. The molecule has 1 heterocycles. The van der Waals surface area contributed by atoms with E-state index in [0.29, 0.717) is 5.69 Å². The minimum atomic E-state index is -1.18. The van der Waals surface area contributed by atoms with Gasteiger partial charge in [0, 0.05) is 11.8 Å². The number of ether oxygens (including phenoxy) is 3. The summed E-state index contributed by atoms with van der Waals surface area (Å²) in [6.07, 6.45) is -1.18. The second-order valence-electron chi connectivity index (χ2n) is 7.05. The summed E-state index contributed by atoms with van der Waals surface area (Å²) in [5.74, 6) is -0.975. The molecule has 0 radical (unpaired) electrons. The summed E-state index contributed by atoms with van der Waals surface area (Å²) in [7, 11) is 0. The van der Waals surface area contributed by atoms with Gasteiger partial charge in [0.15, 0.2) is 17.6 Å². The van der Waals surface area contributed by atoms with Crippen LogP contribution >= 0.6 is 0 Å². The standard InChI is InChI=1S/C21H22N2O7/c1-12(2)14-6-4-5-7-16(14)22-20(24)13(3)30-21(25)15-10-18-19(29-9-8-28-18)11-17(15)23(26)27/h4-7,10-13H,8-9H2,1-3H3,(H,22,24)/t13-/m0/s1. The minimum absolute atomic E-state index is 0.180. The summed E-state index contributed by atoms with van der Waals surface area (Å²) >= 11 is 0. The van der Waals surface area contributed by atoms with Crippen LogP contribution < -0.4 is 14.8 Å². The lowest BCUT2D eigenvalue weighted by atomic mass is 10.0. The molecule has 1 amide bonds. The predicted molar refractivity (Wildman–Crippen MR) is 108 cm³/mol. The van der Waals surface area contributed by atoms with Crippen LogP contribution in [-0.4, -0.2) is 36.1 Å². The molecule has 1 N–H and O–H groups in total. The van der Waals surface area contributed by atoms with Gasteiger partial charge in [0.1, 0.15) is 18.8 Å². The highest BCUT2D eigenvalue weighted by Gasteiger charge is 2.29. The third kappa shape index (κ3) is 4.51. The van der Waals surface area contributed by atoms with Crippen molar-refractivity contribution in [3.63, 3.8) is 0 Å². The number of benzene rings is 2. The number of nitro benzene ring substituents is 1. The number of rotatable bonds is 6. The van der Waals surface area contributed by atoms with Crippen molar-refractivity contribution in [1.29, 1.82) is 0 Å².